The summed E-state index contributed by atoms with van der Waals surface area (Å²) in [6.07, 6.45) is 8.67. The fourth-order valence-corrected chi connectivity index (χ4v) is 2.58. The van der Waals surface area contributed by atoms with Crippen LogP contribution in [0.1, 0.15) is 13.8 Å². The molecule has 0 spiro atoms. The lowest BCUT2D eigenvalue weighted by atomic mass is 10.4. The van der Waals surface area contributed by atoms with Gasteiger partial charge >= 0.3 is 0 Å². The minimum atomic E-state index is -3.60. The molecule has 0 atom stereocenters. The number of sulfone groups is 1. The Bertz CT molecular complexity index is 531. The van der Waals surface area contributed by atoms with Crippen LogP contribution in [0.2, 0.25) is 0 Å². The quantitative estimate of drug-likeness (QED) is 0.731. The summed E-state index contributed by atoms with van der Waals surface area (Å²) in [6.45, 7) is 10.2. The Kier molecular flexibility index (Phi) is 6.64. The molecule has 0 saturated heterocycles. The van der Waals surface area contributed by atoms with Gasteiger partial charge in [0.2, 0.25) is 9.84 Å². The van der Waals surface area contributed by atoms with Crippen LogP contribution >= 0.6 is 0 Å². The summed E-state index contributed by atoms with van der Waals surface area (Å²) in [4.78, 5) is 0.277. The highest BCUT2D eigenvalue weighted by atomic mass is 32.2. The Hall–Kier alpha value is -2.01. The van der Waals surface area contributed by atoms with Crippen molar-refractivity contribution >= 4 is 9.84 Å². The van der Waals surface area contributed by atoms with E-state index in [2.05, 4.69) is 13.2 Å². The van der Waals surface area contributed by atoms with Crippen LogP contribution in [0.25, 0.3) is 0 Å². The Morgan fingerprint density at radius 1 is 0.842 bits per heavy atom. The minimum absolute atomic E-state index is 0.138. The number of hydrogen-bond acceptors (Lipinski definition) is 4. The highest BCUT2D eigenvalue weighted by molar-refractivity contribution is 7.99. The monoisotopic (exact) mass is 280 g/mol. The van der Waals surface area contributed by atoms with Gasteiger partial charge in [-0.25, -0.2) is 8.42 Å². The van der Waals surface area contributed by atoms with E-state index in [4.69, 9.17) is 11.5 Å². The van der Waals surface area contributed by atoms with E-state index < -0.39 is 9.84 Å². The van der Waals surface area contributed by atoms with Gasteiger partial charge < -0.3 is 11.5 Å². The zero-order chi connectivity index (χ0) is 15.1. The van der Waals surface area contributed by atoms with Crippen molar-refractivity contribution in [3.05, 3.63) is 70.8 Å². The Morgan fingerprint density at radius 3 is 1.37 bits per heavy atom. The van der Waals surface area contributed by atoms with Crippen LogP contribution in [0.5, 0.6) is 0 Å². The molecule has 0 aromatic rings. The summed E-state index contributed by atoms with van der Waals surface area (Å²) in [5.74, 6) is 0. The predicted molar refractivity (Wildman–Crippen MR) is 81.4 cm³/mol. The van der Waals surface area contributed by atoms with Crippen LogP contribution < -0.4 is 11.5 Å². The molecule has 0 radical (unpaired) electrons. The van der Waals surface area contributed by atoms with E-state index in [-0.39, 0.29) is 21.2 Å². The number of rotatable bonds is 6. The first kappa shape index (κ1) is 17.0. The Balaban J connectivity index is 5.57. The van der Waals surface area contributed by atoms with Gasteiger partial charge in [0.1, 0.15) is 0 Å². The van der Waals surface area contributed by atoms with Crippen LogP contribution in [0, 0.1) is 0 Å². The molecule has 0 aliphatic rings. The molecule has 0 aromatic carbocycles. The summed E-state index contributed by atoms with van der Waals surface area (Å²) >= 11 is 0. The van der Waals surface area contributed by atoms with Gasteiger partial charge in [-0.05, 0) is 38.2 Å². The van der Waals surface area contributed by atoms with Crippen molar-refractivity contribution in [3.63, 3.8) is 0 Å². The number of nitrogens with two attached hydrogens (primary N) is 2. The molecule has 0 fully saturated rings. The van der Waals surface area contributed by atoms with Gasteiger partial charge in [-0.1, -0.05) is 25.3 Å². The summed E-state index contributed by atoms with van der Waals surface area (Å²) < 4.78 is 24.7. The second kappa shape index (κ2) is 7.43. The highest BCUT2D eigenvalue weighted by Crippen LogP contribution is 2.20. The highest BCUT2D eigenvalue weighted by Gasteiger charge is 2.18. The molecule has 4 nitrogen and oxygen atoms in total. The fourth-order valence-electron chi connectivity index (χ4n) is 1.20. The van der Waals surface area contributed by atoms with E-state index in [1.165, 1.54) is 36.5 Å². The van der Waals surface area contributed by atoms with Crippen molar-refractivity contribution in [2.24, 2.45) is 11.5 Å². The first-order chi connectivity index (χ1) is 8.75. The predicted octanol–water partition coefficient (Wildman–Crippen LogP) is 2.27. The van der Waals surface area contributed by atoms with Crippen LogP contribution in [0.3, 0.4) is 0 Å². The lowest BCUT2D eigenvalue weighted by Gasteiger charge is -2.06. The average Bonchev–Trinajstić information content (AvgIpc) is 2.29. The third kappa shape index (κ3) is 5.44. The van der Waals surface area contributed by atoms with Crippen LogP contribution in [-0.4, -0.2) is 8.42 Å². The maximum absolute atomic E-state index is 12.3. The van der Waals surface area contributed by atoms with E-state index in [0.29, 0.717) is 0 Å². The van der Waals surface area contributed by atoms with Gasteiger partial charge in [0.25, 0.3) is 0 Å². The molecule has 0 saturated carbocycles. The number of allylic oxidation sites excluding steroid dienone is 6. The molecule has 0 rings (SSSR count). The first-order valence-electron chi connectivity index (χ1n) is 5.58. The SMILES string of the molecule is C=C(N)/C=C\C(=C/C)S(=O)(=O)C(/C=C\C(=C)N)=C/C. The normalized spacial score (nSPS) is 14.2. The van der Waals surface area contributed by atoms with Crippen LogP contribution in [-0.2, 0) is 9.84 Å². The summed E-state index contributed by atoms with van der Waals surface area (Å²) in [5, 5.41) is 0. The van der Waals surface area contributed by atoms with Gasteiger partial charge in [0.05, 0.1) is 9.81 Å². The van der Waals surface area contributed by atoms with Gasteiger partial charge in [-0.2, -0.15) is 0 Å². The molecule has 4 N–H and O–H groups in total. The smallest absolute Gasteiger partial charge is 0.205 e. The van der Waals surface area contributed by atoms with Crippen molar-refractivity contribution in [3.8, 4) is 0 Å². The zero-order valence-electron chi connectivity index (χ0n) is 11.3. The van der Waals surface area contributed by atoms with Crippen molar-refractivity contribution < 1.29 is 8.42 Å². The van der Waals surface area contributed by atoms with E-state index in [9.17, 15) is 8.42 Å². The largest absolute Gasteiger partial charge is 0.399 e. The maximum Gasteiger partial charge on any atom is 0.205 e. The fraction of sp³-hybridized carbons (Fsp3) is 0.143. The third-order valence-electron chi connectivity index (χ3n) is 2.11. The Morgan fingerprint density at radius 2 is 1.16 bits per heavy atom. The second-order valence-electron chi connectivity index (χ2n) is 3.70. The van der Waals surface area contributed by atoms with E-state index >= 15 is 0 Å². The topological polar surface area (TPSA) is 86.2 Å². The molecule has 5 heteroatoms. The van der Waals surface area contributed by atoms with Gasteiger partial charge in [0.15, 0.2) is 0 Å². The van der Waals surface area contributed by atoms with E-state index in [1.807, 2.05) is 0 Å². The number of hydrogen-bond donors (Lipinski definition) is 2. The molecule has 0 bridgehead atoms. The van der Waals surface area contributed by atoms with E-state index in [1.54, 1.807) is 13.8 Å². The summed E-state index contributed by atoms with van der Waals surface area (Å²) in [5.41, 5.74) is 11.3. The first-order valence-corrected chi connectivity index (χ1v) is 7.06. The zero-order valence-corrected chi connectivity index (χ0v) is 12.1. The molecule has 0 heterocycles. The van der Waals surface area contributed by atoms with Crippen molar-refractivity contribution in [2.45, 2.75) is 13.8 Å². The van der Waals surface area contributed by atoms with Crippen molar-refractivity contribution in [2.75, 3.05) is 0 Å². The van der Waals surface area contributed by atoms with Gasteiger partial charge in [0, 0.05) is 11.4 Å². The van der Waals surface area contributed by atoms with Crippen LogP contribution in [0.15, 0.2) is 70.8 Å². The summed E-state index contributed by atoms with van der Waals surface area (Å²) in [7, 11) is -3.60. The van der Waals surface area contributed by atoms with E-state index in [0.717, 1.165) is 0 Å². The van der Waals surface area contributed by atoms with Crippen molar-refractivity contribution in [1.29, 1.82) is 0 Å². The van der Waals surface area contributed by atoms with Gasteiger partial charge in [-0.3, -0.25) is 0 Å². The lowest BCUT2D eigenvalue weighted by Crippen LogP contribution is -2.05. The van der Waals surface area contributed by atoms with Crippen LogP contribution in [0.4, 0.5) is 0 Å². The standard InChI is InChI=1S/C14H20N2O2S/c1-5-13(9-7-11(3)15)19(17,18)14(6-2)10-8-12(4)16/h5-10H,3-4,15-16H2,1-2H3/b9-7-,10-8-,13-5+,14-6+. The maximum atomic E-state index is 12.3. The van der Waals surface area contributed by atoms with Crippen molar-refractivity contribution in [1.82, 2.24) is 0 Å². The molecule has 0 aliphatic carbocycles. The molecule has 0 aromatic heterocycles. The molecule has 0 unspecified atom stereocenters. The lowest BCUT2D eigenvalue weighted by molar-refractivity contribution is 0.609. The molecular formula is C14H20N2O2S. The molecular weight excluding hydrogens is 260 g/mol. The molecule has 104 valence electrons. The minimum Gasteiger partial charge on any atom is -0.399 e. The summed E-state index contributed by atoms with van der Waals surface area (Å²) in [6, 6.07) is 0. The second-order valence-corrected chi connectivity index (χ2v) is 5.65. The molecule has 19 heavy (non-hydrogen) atoms. The average molecular weight is 280 g/mol. The van der Waals surface area contributed by atoms with Gasteiger partial charge in [-0.15, -0.1) is 0 Å². The third-order valence-corrected chi connectivity index (χ3v) is 4.10. The molecule has 0 amide bonds. The Labute approximate surface area is 115 Å². The molecule has 0 aliphatic heterocycles.